The Bertz CT molecular complexity index is 729. The highest BCUT2D eigenvalue weighted by atomic mass is 16.4. The highest BCUT2D eigenvalue weighted by Crippen LogP contribution is 1.97. The van der Waals surface area contributed by atoms with Crippen LogP contribution < -0.4 is 0 Å². The van der Waals surface area contributed by atoms with Gasteiger partial charge in [0.25, 0.3) is 0 Å². The van der Waals surface area contributed by atoms with Crippen LogP contribution in [-0.4, -0.2) is 33.2 Å². The van der Waals surface area contributed by atoms with Crippen molar-refractivity contribution in [3.63, 3.8) is 0 Å². The molecule has 0 fully saturated rings. The molecule has 0 aromatic heterocycles. The van der Waals surface area contributed by atoms with Gasteiger partial charge in [-0.1, -0.05) is 68.4 Å². The van der Waals surface area contributed by atoms with Gasteiger partial charge >= 0.3 is 17.9 Å². The zero-order valence-corrected chi connectivity index (χ0v) is 16.2. The average Bonchev–Trinajstić information content (AvgIpc) is 2.78. The van der Waals surface area contributed by atoms with Crippen LogP contribution in [0.15, 0.2) is 91.0 Å². The second-order valence-corrected chi connectivity index (χ2v) is 5.01. The Morgan fingerprint density at radius 1 is 0.448 bits per heavy atom. The predicted molar refractivity (Wildman–Crippen MR) is 112 cm³/mol. The Kier molecular flexibility index (Phi) is 13.1. The first-order valence-corrected chi connectivity index (χ1v) is 8.77. The molecule has 0 radical (unpaired) electrons. The minimum atomic E-state index is -0.879. The maximum atomic E-state index is 10.2. The fourth-order valence-electron chi connectivity index (χ4n) is 1.74. The number of hydrogen-bond acceptors (Lipinski definition) is 3. The molecule has 0 bridgehead atoms. The minimum Gasteiger partial charge on any atom is -0.478 e. The van der Waals surface area contributed by atoms with E-state index < -0.39 is 17.9 Å². The van der Waals surface area contributed by atoms with Crippen molar-refractivity contribution in [3.8, 4) is 0 Å². The number of hydrogen-bond donors (Lipinski definition) is 3. The zero-order chi connectivity index (χ0) is 22.1. The second kappa shape index (κ2) is 15.2. The quantitative estimate of drug-likeness (QED) is 0.562. The van der Waals surface area contributed by atoms with Crippen molar-refractivity contribution in [2.45, 2.75) is 13.8 Å². The maximum absolute atomic E-state index is 10.2. The molecule has 6 nitrogen and oxygen atoms in total. The van der Waals surface area contributed by atoms with E-state index in [9.17, 15) is 14.4 Å². The summed E-state index contributed by atoms with van der Waals surface area (Å²) in [5, 5.41) is 25.2. The van der Waals surface area contributed by atoms with Crippen LogP contribution in [-0.2, 0) is 0 Å². The minimum absolute atomic E-state index is 0.331. The third-order valence-corrected chi connectivity index (χ3v) is 3.06. The number of carboxylic acids is 3. The van der Waals surface area contributed by atoms with Gasteiger partial charge in [-0.2, -0.15) is 0 Å². The van der Waals surface area contributed by atoms with Crippen LogP contribution in [0.5, 0.6) is 0 Å². The molecule has 29 heavy (non-hydrogen) atoms. The van der Waals surface area contributed by atoms with Crippen LogP contribution in [0.2, 0.25) is 0 Å². The van der Waals surface area contributed by atoms with E-state index in [1.807, 2.05) is 13.8 Å². The van der Waals surface area contributed by atoms with E-state index in [-0.39, 0.29) is 0 Å². The summed E-state index contributed by atoms with van der Waals surface area (Å²) in [6.45, 7) is 4.00. The Balaban J connectivity index is 0.000000388. The Morgan fingerprint density at radius 2 is 0.621 bits per heavy atom. The lowest BCUT2D eigenvalue weighted by Crippen LogP contribution is -1.93. The van der Waals surface area contributed by atoms with Crippen molar-refractivity contribution in [1.82, 2.24) is 0 Å². The van der Waals surface area contributed by atoms with Crippen LogP contribution in [0.4, 0.5) is 0 Å². The largest absolute Gasteiger partial charge is 0.478 e. The van der Waals surface area contributed by atoms with Gasteiger partial charge < -0.3 is 15.3 Å². The number of carbonyl (C=O) groups is 3. The van der Waals surface area contributed by atoms with Crippen molar-refractivity contribution in [1.29, 1.82) is 0 Å². The lowest BCUT2D eigenvalue weighted by Gasteiger charge is -1.88. The highest BCUT2D eigenvalue weighted by Gasteiger charge is 1.98. The highest BCUT2D eigenvalue weighted by molar-refractivity contribution is 5.88. The van der Waals surface area contributed by atoms with Gasteiger partial charge in [-0.15, -0.1) is 0 Å². The summed E-state index contributed by atoms with van der Waals surface area (Å²) in [4.78, 5) is 30.6. The van der Waals surface area contributed by atoms with E-state index in [4.69, 9.17) is 15.3 Å². The van der Waals surface area contributed by atoms with Crippen LogP contribution in [0.3, 0.4) is 0 Å². The third-order valence-electron chi connectivity index (χ3n) is 3.06. The molecule has 6 heteroatoms. The van der Waals surface area contributed by atoms with Gasteiger partial charge in [-0.3, -0.25) is 0 Å². The van der Waals surface area contributed by atoms with Gasteiger partial charge in [0, 0.05) is 0 Å². The first kappa shape index (κ1) is 25.1. The van der Waals surface area contributed by atoms with E-state index in [2.05, 4.69) is 0 Å². The molecule has 3 N–H and O–H groups in total. The molecule has 0 atom stereocenters. The van der Waals surface area contributed by atoms with Crippen molar-refractivity contribution < 1.29 is 29.7 Å². The van der Waals surface area contributed by atoms with Gasteiger partial charge in [0.1, 0.15) is 0 Å². The number of carboxylic acid groups (broad SMARTS) is 3. The Labute approximate surface area is 169 Å². The third kappa shape index (κ3) is 11.4. The zero-order valence-electron chi connectivity index (χ0n) is 16.2. The Hall–Kier alpha value is -3.93. The molecule has 0 aliphatic rings. The normalized spacial score (nSPS) is 8.48. The van der Waals surface area contributed by atoms with Crippen LogP contribution in [0.1, 0.15) is 44.9 Å². The van der Waals surface area contributed by atoms with Gasteiger partial charge in [0.2, 0.25) is 0 Å². The molecule has 152 valence electrons. The molecule has 0 aliphatic carbocycles. The smallest absolute Gasteiger partial charge is 0.335 e. The van der Waals surface area contributed by atoms with E-state index in [1.54, 1.807) is 91.0 Å². The summed E-state index contributed by atoms with van der Waals surface area (Å²) < 4.78 is 0. The lowest BCUT2D eigenvalue weighted by atomic mass is 10.2. The molecule has 0 saturated heterocycles. The number of aromatic carboxylic acids is 3. The predicted octanol–water partition coefficient (Wildman–Crippen LogP) is 5.18. The topological polar surface area (TPSA) is 112 Å². The van der Waals surface area contributed by atoms with E-state index >= 15 is 0 Å². The summed E-state index contributed by atoms with van der Waals surface area (Å²) in [7, 11) is 0. The SMILES string of the molecule is CC.O=C(O)c1ccccc1.O=C(O)c1ccccc1.O=C(O)c1ccccc1. The van der Waals surface area contributed by atoms with Crippen LogP contribution >= 0.6 is 0 Å². The van der Waals surface area contributed by atoms with Gasteiger partial charge in [-0.25, -0.2) is 14.4 Å². The second-order valence-electron chi connectivity index (χ2n) is 5.01. The van der Waals surface area contributed by atoms with Crippen molar-refractivity contribution in [2.75, 3.05) is 0 Å². The summed E-state index contributed by atoms with van der Waals surface area (Å²) in [5.41, 5.74) is 0.993. The summed E-state index contributed by atoms with van der Waals surface area (Å²) >= 11 is 0. The number of benzene rings is 3. The Morgan fingerprint density at radius 3 is 0.724 bits per heavy atom. The molecule has 0 spiro atoms. The molecule has 3 rings (SSSR count). The molecule has 3 aromatic carbocycles. The van der Waals surface area contributed by atoms with Crippen LogP contribution in [0, 0.1) is 0 Å². The molecule has 0 heterocycles. The van der Waals surface area contributed by atoms with Crippen LogP contribution in [0.25, 0.3) is 0 Å². The monoisotopic (exact) mass is 396 g/mol. The lowest BCUT2D eigenvalue weighted by molar-refractivity contribution is 0.0686. The molecule has 0 saturated carbocycles. The fraction of sp³-hybridized carbons (Fsp3) is 0.0870. The average molecular weight is 396 g/mol. The van der Waals surface area contributed by atoms with Gasteiger partial charge in [0.05, 0.1) is 16.7 Å². The molecular formula is C23H24O6. The summed E-state index contributed by atoms with van der Waals surface area (Å²) in [5.74, 6) is -2.64. The van der Waals surface area contributed by atoms with Crippen molar-refractivity contribution in [2.24, 2.45) is 0 Å². The first-order chi connectivity index (χ1) is 13.9. The van der Waals surface area contributed by atoms with Gasteiger partial charge in [-0.05, 0) is 36.4 Å². The fourth-order valence-corrected chi connectivity index (χ4v) is 1.74. The maximum Gasteiger partial charge on any atom is 0.335 e. The summed E-state index contributed by atoms with van der Waals surface area (Å²) in [6.07, 6.45) is 0. The van der Waals surface area contributed by atoms with E-state index in [0.717, 1.165) is 0 Å². The standard InChI is InChI=1S/3C7H6O2.C2H6/c3*8-7(9)6-4-2-1-3-5-6;1-2/h3*1-5H,(H,8,9);1-2H3. The molecular weight excluding hydrogens is 372 g/mol. The van der Waals surface area contributed by atoms with Crippen molar-refractivity contribution in [3.05, 3.63) is 108 Å². The molecule has 0 aliphatic heterocycles. The molecule has 0 amide bonds. The van der Waals surface area contributed by atoms with Crippen molar-refractivity contribution >= 4 is 17.9 Å². The summed E-state index contributed by atoms with van der Waals surface area (Å²) in [6, 6.07) is 24.9. The molecule has 3 aromatic rings. The van der Waals surface area contributed by atoms with E-state index in [1.165, 1.54) is 0 Å². The van der Waals surface area contributed by atoms with Gasteiger partial charge in [0.15, 0.2) is 0 Å². The van der Waals surface area contributed by atoms with E-state index in [0.29, 0.717) is 16.7 Å². The first-order valence-electron chi connectivity index (χ1n) is 8.77. The molecule has 0 unspecified atom stereocenters. The number of rotatable bonds is 3.